The standard InChI is InChI=1S/C16H18F2N6OS/c1-9(2)24-26(25)4-3-19-16-13(18)8-22-15(23-16)12-7-21-14-11(12)5-10(17)6-20-14/h5-9,24H,3-4H2,1-2H3,(H,20,21)(H,19,22,23). The van der Waals surface area contributed by atoms with Crippen LogP contribution in [0.5, 0.6) is 0 Å². The van der Waals surface area contributed by atoms with Gasteiger partial charge < -0.3 is 10.3 Å². The van der Waals surface area contributed by atoms with Crippen molar-refractivity contribution >= 4 is 27.8 Å². The topological polar surface area (TPSA) is 95.6 Å². The molecule has 0 aliphatic heterocycles. The van der Waals surface area contributed by atoms with Crippen LogP contribution in [-0.4, -0.2) is 42.5 Å². The Morgan fingerprint density at radius 2 is 2.08 bits per heavy atom. The van der Waals surface area contributed by atoms with E-state index in [1.165, 1.54) is 6.07 Å². The highest BCUT2D eigenvalue weighted by Crippen LogP contribution is 2.26. The lowest BCUT2D eigenvalue weighted by molar-refractivity contribution is 0.617. The van der Waals surface area contributed by atoms with Crippen LogP contribution in [0.15, 0.2) is 24.7 Å². The number of nitrogens with zero attached hydrogens (tertiary/aromatic N) is 3. The molecule has 0 radical (unpaired) electrons. The molecule has 7 nitrogen and oxygen atoms in total. The first-order valence-corrected chi connectivity index (χ1v) is 9.30. The Balaban J connectivity index is 1.79. The highest BCUT2D eigenvalue weighted by molar-refractivity contribution is 7.83. The summed E-state index contributed by atoms with van der Waals surface area (Å²) in [7, 11) is -1.22. The fraction of sp³-hybridized carbons (Fsp3) is 0.312. The van der Waals surface area contributed by atoms with Crippen molar-refractivity contribution in [2.75, 3.05) is 17.6 Å². The molecule has 0 saturated carbocycles. The first-order chi connectivity index (χ1) is 12.4. The largest absolute Gasteiger partial charge is 0.367 e. The smallest absolute Gasteiger partial charge is 0.183 e. The van der Waals surface area contributed by atoms with E-state index < -0.39 is 22.6 Å². The van der Waals surface area contributed by atoms with Crippen molar-refractivity contribution in [3.8, 4) is 11.4 Å². The number of aromatic nitrogens is 4. The number of aromatic amines is 1. The molecule has 26 heavy (non-hydrogen) atoms. The monoisotopic (exact) mass is 380 g/mol. The summed E-state index contributed by atoms with van der Waals surface area (Å²) in [6.45, 7) is 4.05. The minimum Gasteiger partial charge on any atom is -0.367 e. The van der Waals surface area contributed by atoms with E-state index in [1.807, 2.05) is 13.8 Å². The summed E-state index contributed by atoms with van der Waals surface area (Å²) < 4.78 is 42.0. The molecule has 10 heteroatoms. The van der Waals surface area contributed by atoms with Gasteiger partial charge in [-0.2, -0.15) is 0 Å². The Morgan fingerprint density at radius 1 is 1.27 bits per heavy atom. The van der Waals surface area contributed by atoms with Gasteiger partial charge in [-0.1, -0.05) is 0 Å². The van der Waals surface area contributed by atoms with Crippen molar-refractivity contribution in [3.05, 3.63) is 36.3 Å². The van der Waals surface area contributed by atoms with E-state index in [0.29, 0.717) is 22.3 Å². The second-order valence-corrected chi connectivity index (χ2v) is 7.23. The molecule has 1 atom stereocenters. The van der Waals surface area contributed by atoms with Crippen molar-refractivity contribution in [1.82, 2.24) is 24.7 Å². The Bertz CT molecular complexity index is 946. The third-order valence-electron chi connectivity index (χ3n) is 3.43. The number of rotatable bonds is 7. The second-order valence-electron chi connectivity index (χ2n) is 5.89. The summed E-state index contributed by atoms with van der Waals surface area (Å²) in [5.41, 5.74) is 0.999. The second kappa shape index (κ2) is 7.83. The van der Waals surface area contributed by atoms with Gasteiger partial charge in [0.1, 0.15) is 11.5 Å². The minimum absolute atomic E-state index is 0.00439. The lowest BCUT2D eigenvalue weighted by Crippen LogP contribution is -2.29. The number of halogens is 2. The van der Waals surface area contributed by atoms with Crippen LogP contribution in [-0.2, 0) is 11.0 Å². The van der Waals surface area contributed by atoms with Crippen LogP contribution in [0.3, 0.4) is 0 Å². The summed E-state index contributed by atoms with van der Waals surface area (Å²) in [6.07, 6.45) is 3.74. The molecule has 0 aromatic carbocycles. The molecule has 0 saturated heterocycles. The molecule has 0 bridgehead atoms. The maximum Gasteiger partial charge on any atom is 0.183 e. The highest BCUT2D eigenvalue weighted by Gasteiger charge is 2.14. The number of pyridine rings is 1. The number of H-pyrrole nitrogens is 1. The van der Waals surface area contributed by atoms with E-state index in [0.717, 1.165) is 12.4 Å². The summed E-state index contributed by atoms with van der Waals surface area (Å²) in [6, 6.07) is 1.41. The Hall–Kier alpha value is -2.46. The normalized spacial score (nSPS) is 12.7. The van der Waals surface area contributed by atoms with Crippen LogP contribution >= 0.6 is 0 Å². The number of nitrogens with one attached hydrogen (secondary N) is 3. The zero-order valence-corrected chi connectivity index (χ0v) is 15.0. The van der Waals surface area contributed by atoms with Gasteiger partial charge >= 0.3 is 0 Å². The van der Waals surface area contributed by atoms with Gasteiger partial charge in [-0.25, -0.2) is 32.7 Å². The molecular formula is C16H18F2N6OS. The summed E-state index contributed by atoms with van der Waals surface area (Å²) in [5.74, 6) is -0.595. The Labute approximate surface area is 151 Å². The van der Waals surface area contributed by atoms with Gasteiger partial charge in [0.2, 0.25) is 0 Å². The lowest BCUT2D eigenvalue weighted by atomic mass is 10.2. The summed E-state index contributed by atoms with van der Waals surface area (Å²) in [5, 5.41) is 3.32. The number of hydrogen-bond donors (Lipinski definition) is 3. The predicted octanol–water partition coefficient (Wildman–Crippen LogP) is 2.37. The highest BCUT2D eigenvalue weighted by atomic mass is 32.2. The SMILES string of the molecule is CC(C)NS(=O)CCNc1nc(-c2c[nH]c3ncc(F)cc23)ncc1F. The van der Waals surface area contributed by atoms with Crippen molar-refractivity contribution < 1.29 is 13.0 Å². The van der Waals surface area contributed by atoms with Gasteiger partial charge in [-0.05, 0) is 19.9 Å². The molecule has 0 amide bonds. The predicted molar refractivity (Wildman–Crippen MR) is 96.8 cm³/mol. The van der Waals surface area contributed by atoms with Gasteiger partial charge in [-0.15, -0.1) is 0 Å². The molecule has 3 heterocycles. The van der Waals surface area contributed by atoms with Crippen LogP contribution < -0.4 is 10.0 Å². The molecule has 138 valence electrons. The molecule has 0 aliphatic carbocycles. The average molecular weight is 380 g/mol. The number of fused-ring (bicyclic) bond motifs is 1. The quantitative estimate of drug-likeness (QED) is 0.585. The summed E-state index contributed by atoms with van der Waals surface area (Å²) >= 11 is 0. The van der Waals surface area contributed by atoms with Crippen molar-refractivity contribution in [2.45, 2.75) is 19.9 Å². The van der Waals surface area contributed by atoms with E-state index in [2.05, 4.69) is 30.0 Å². The molecule has 3 aromatic rings. The maximum absolute atomic E-state index is 14.0. The van der Waals surface area contributed by atoms with Crippen LogP contribution in [0.2, 0.25) is 0 Å². The zero-order chi connectivity index (χ0) is 18.7. The van der Waals surface area contributed by atoms with E-state index in [9.17, 15) is 13.0 Å². The third-order valence-corrected chi connectivity index (χ3v) is 4.74. The van der Waals surface area contributed by atoms with Gasteiger partial charge in [-0.3, -0.25) is 0 Å². The third kappa shape index (κ3) is 4.20. The fourth-order valence-corrected chi connectivity index (χ4v) is 3.30. The molecule has 0 spiro atoms. The van der Waals surface area contributed by atoms with Crippen LogP contribution in [0.4, 0.5) is 14.6 Å². The zero-order valence-electron chi connectivity index (χ0n) is 14.2. The van der Waals surface area contributed by atoms with Crippen LogP contribution in [0.25, 0.3) is 22.4 Å². The van der Waals surface area contributed by atoms with Gasteiger partial charge in [0.25, 0.3) is 0 Å². The molecule has 0 aliphatic rings. The first kappa shape index (κ1) is 18.3. The Kier molecular flexibility index (Phi) is 5.52. The van der Waals surface area contributed by atoms with Gasteiger partial charge in [0.15, 0.2) is 17.5 Å². The molecule has 3 N–H and O–H groups in total. The van der Waals surface area contributed by atoms with Gasteiger partial charge in [0.05, 0.1) is 29.1 Å². The molecule has 3 rings (SSSR count). The van der Waals surface area contributed by atoms with E-state index in [4.69, 9.17) is 0 Å². The summed E-state index contributed by atoms with van der Waals surface area (Å²) in [4.78, 5) is 15.0. The van der Waals surface area contributed by atoms with Crippen molar-refractivity contribution in [2.24, 2.45) is 0 Å². The van der Waals surface area contributed by atoms with Crippen molar-refractivity contribution in [3.63, 3.8) is 0 Å². The maximum atomic E-state index is 14.0. The molecule has 3 aromatic heterocycles. The Morgan fingerprint density at radius 3 is 2.85 bits per heavy atom. The van der Waals surface area contributed by atoms with E-state index in [1.54, 1.807) is 6.20 Å². The van der Waals surface area contributed by atoms with E-state index in [-0.39, 0.29) is 24.2 Å². The number of hydrogen-bond acceptors (Lipinski definition) is 5. The van der Waals surface area contributed by atoms with Crippen LogP contribution in [0, 0.1) is 11.6 Å². The fourth-order valence-electron chi connectivity index (χ4n) is 2.37. The average Bonchev–Trinajstić information content (AvgIpc) is 2.99. The molecule has 1 unspecified atom stereocenters. The molecular weight excluding hydrogens is 362 g/mol. The lowest BCUT2D eigenvalue weighted by Gasteiger charge is -2.10. The van der Waals surface area contributed by atoms with Crippen molar-refractivity contribution in [1.29, 1.82) is 0 Å². The van der Waals surface area contributed by atoms with E-state index >= 15 is 0 Å². The first-order valence-electron chi connectivity index (χ1n) is 7.98. The van der Waals surface area contributed by atoms with Crippen LogP contribution in [0.1, 0.15) is 13.8 Å². The minimum atomic E-state index is -1.22. The number of anilines is 1. The molecule has 0 fully saturated rings. The van der Waals surface area contributed by atoms with Gasteiger partial charge in [0, 0.05) is 29.7 Å².